The maximum Gasteiger partial charge on any atom is 0.472 e. The maximum atomic E-state index is 12.6. The number of esters is 2. The molecule has 5 atom stereocenters. The molecule has 0 amide bonds. The van der Waals surface area contributed by atoms with Crippen molar-refractivity contribution in [2.24, 2.45) is 5.73 Å². The molecule has 1 saturated heterocycles. The fourth-order valence-corrected chi connectivity index (χ4v) is 6.39. The van der Waals surface area contributed by atoms with Gasteiger partial charge < -0.3 is 29.9 Å². The molecule has 1 aliphatic heterocycles. The van der Waals surface area contributed by atoms with Crippen LogP contribution in [0.5, 0.6) is 0 Å². The number of carboxylic acids is 1. The minimum absolute atomic E-state index is 0.135. The Morgan fingerprint density at radius 2 is 1.25 bits per heavy atom. The van der Waals surface area contributed by atoms with E-state index >= 15 is 0 Å². The van der Waals surface area contributed by atoms with Gasteiger partial charge in [0.25, 0.3) is 0 Å². The summed E-state index contributed by atoms with van der Waals surface area (Å²) in [4.78, 5) is 45.9. The van der Waals surface area contributed by atoms with Crippen LogP contribution in [0.4, 0.5) is 0 Å². The van der Waals surface area contributed by atoms with Gasteiger partial charge in [-0.3, -0.25) is 23.4 Å². The molecule has 1 heterocycles. The third kappa shape index (κ3) is 31.2. The Morgan fingerprint density at radius 1 is 0.691 bits per heavy atom. The molecule has 0 aromatic rings. The van der Waals surface area contributed by atoms with Gasteiger partial charge in [0.15, 0.2) is 6.10 Å². The zero-order chi connectivity index (χ0) is 40.4. The van der Waals surface area contributed by atoms with Crippen LogP contribution >= 0.6 is 7.82 Å². The van der Waals surface area contributed by atoms with E-state index in [4.69, 9.17) is 29.6 Å². The van der Waals surface area contributed by atoms with Crippen molar-refractivity contribution in [2.75, 3.05) is 19.8 Å². The maximum absolute atomic E-state index is 12.6. The molecule has 0 spiro atoms. The average molecular weight is 798 g/mol. The predicted octanol–water partition coefficient (Wildman–Crippen LogP) is 9.60. The number of hydrogen-bond acceptors (Lipinski definition) is 10. The minimum atomic E-state index is -4.73. The zero-order valence-corrected chi connectivity index (χ0v) is 34.6. The summed E-state index contributed by atoms with van der Waals surface area (Å²) in [6.07, 6.45) is 37.7. The number of phosphoric ester groups is 1. The lowest BCUT2D eigenvalue weighted by Crippen LogP contribution is -2.34. The topological polar surface area (TPSA) is 184 Å². The number of rotatable bonds is 37. The third-order valence-corrected chi connectivity index (χ3v) is 9.94. The Bertz CT molecular complexity index is 1190. The van der Waals surface area contributed by atoms with Gasteiger partial charge in [0.05, 0.1) is 25.4 Å². The van der Waals surface area contributed by atoms with Gasteiger partial charge in [-0.05, 0) is 70.6 Å². The molecule has 0 aromatic carbocycles. The standard InChI is InChI=1S/C42H72NO11P/c1-3-5-7-8-9-10-11-12-13-14-15-16-20-23-27-31-40(44)50-33-36(34-51-55(48,49)52-35-37(43)42(46)47)53-41(45)32-28-24-21-18-17-19-22-26-30-39-38(54-39)29-25-6-4-2/h5,7,9-10,12-13,22,26,36-39H,3-4,6,8,11,14-21,23-25,27-35,43H2,1-2H3,(H,46,47)(H,48,49)/b7-5-,10-9-,13-12-,26-22-/t36-,37+,38?,39?/m1/s1. The Kier molecular flexibility index (Phi) is 30.7. The van der Waals surface area contributed by atoms with Gasteiger partial charge in [-0.15, -0.1) is 0 Å². The van der Waals surface area contributed by atoms with E-state index in [1.54, 1.807) is 0 Å². The molecule has 13 heteroatoms. The number of phosphoric acid groups is 1. The first-order valence-corrected chi connectivity index (χ1v) is 22.3. The van der Waals surface area contributed by atoms with Crippen LogP contribution < -0.4 is 5.73 Å². The van der Waals surface area contributed by atoms with Gasteiger partial charge in [-0.2, -0.15) is 0 Å². The van der Waals surface area contributed by atoms with Crippen LogP contribution in [0.1, 0.15) is 155 Å². The predicted molar refractivity (Wildman–Crippen MR) is 216 cm³/mol. The summed E-state index contributed by atoms with van der Waals surface area (Å²) >= 11 is 0. The van der Waals surface area contributed by atoms with Crippen LogP contribution in [0.25, 0.3) is 0 Å². The summed E-state index contributed by atoms with van der Waals surface area (Å²) in [7, 11) is -4.73. The van der Waals surface area contributed by atoms with Crippen LogP contribution in [0.15, 0.2) is 48.6 Å². The molecule has 0 aromatic heterocycles. The molecule has 55 heavy (non-hydrogen) atoms. The highest BCUT2D eigenvalue weighted by Crippen LogP contribution is 2.43. The van der Waals surface area contributed by atoms with Crippen LogP contribution in [0.3, 0.4) is 0 Å². The quantitative estimate of drug-likeness (QED) is 0.0178. The Morgan fingerprint density at radius 3 is 1.89 bits per heavy atom. The zero-order valence-electron chi connectivity index (χ0n) is 33.7. The monoisotopic (exact) mass is 797 g/mol. The number of hydrogen-bond donors (Lipinski definition) is 3. The fraction of sp³-hybridized carbons (Fsp3) is 0.738. The van der Waals surface area contributed by atoms with E-state index in [1.165, 1.54) is 25.7 Å². The number of nitrogens with two attached hydrogens (primary N) is 1. The summed E-state index contributed by atoms with van der Waals surface area (Å²) in [6.45, 7) is 2.61. The largest absolute Gasteiger partial charge is 0.480 e. The van der Waals surface area contributed by atoms with E-state index in [2.05, 4.69) is 67.0 Å². The first kappa shape index (κ1) is 50.4. The molecule has 316 valence electrons. The van der Waals surface area contributed by atoms with Crippen molar-refractivity contribution >= 4 is 25.7 Å². The van der Waals surface area contributed by atoms with Crippen molar-refractivity contribution in [3.05, 3.63) is 48.6 Å². The van der Waals surface area contributed by atoms with Crippen molar-refractivity contribution in [3.8, 4) is 0 Å². The van der Waals surface area contributed by atoms with Gasteiger partial charge >= 0.3 is 25.7 Å². The lowest BCUT2D eigenvalue weighted by atomic mass is 10.1. The van der Waals surface area contributed by atoms with E-state index < -0.39 is 51.1 Å². The molecule has 0 radical (unpaired) electrons. The lowest BCUT2D eigenvalue weighted by molar-refractivity contribution is -0.161. The van der Waals surface area contributed by atoms with Crippen LogP contribution in [0, 0.1) is 0 Å². The number of epoxide rings is 1. The van der Waals surface area contributed by atoms with Crippen LogP contribution in [-0.4, -0.2) is 72.1 Å². The number of unbranched alkanes of at least 4 members (excludes halogenated alkanes) is 12. The molecule has 12 nitrogen and oxygen atoms in total. The summed E-state index contributed by atoms with van der Waals surface area (Å²) < 4.78 is 38.4. The highest BCUT2D eigenvalue weighted by atomic mass is 31.2. The van der Waals surface area contributed by atoms with Crippen molar-refractivity contribution in [1.82, 2.24) is 0 Å². The van der Waals surface area contributed by atoms with Gasteiger partial charge in [-0.1, -0.05) is 120 Å². The number of carbonyl (C=O) groups excluding carboxylic acids is 2. The SMILES string of the molecule is CC/C=C\C/C=C\C/C=C\CCCCCCCC(=O)OC[C@H](COP(=O)(O)OC[C@H](N)C(=O)O)OC(=O)CCCCCCC/C=C\CC1OC1CCCCC. The summed E-state index contributed by atoms with van der Waals surface area (Å²) in [5, 5.41) is 8.88. The van der Waals surface area contributed by atoms with E-state index in [0.717, 1.165) is 89.9 Å². The third-order valence-electron chi connectivity index (χ3n) is 8.98. The summed E-state index contributed by atoms with van der Waals surface area (Å²) in [5.41, 5.74) is 5.32. The van der Waals surface area contributed by atoms with Crippen molar-refractivity contribution in [3.63, 3.8) is 0 Å². The van der Waals surface area contributed by atoms with Gasteiger partial charge in [0.1, 0.15) is 12.6 Å². The Labute approximate surface area is 330 Å². The second-order valence-electron chi connectivity index (χ2n) is 14.1. The van der Waals surface area contributed by atoms with Crippen molar-refractivity contribution in [2.45, 2.75) is 179 Å². The Balaban J connectivity index is 2.31. The lowest BCUT2D eigenvalue weighted by Gasteiger charge is -2.20. The molecule has 3 unspecified atom stereocenters. The van der Waals surface area contributed by atoms with Gasteiger partial charge in [0, 0.05) is 12.8 Å². The number of carboxylic acid groups (broad SMARTS) is 1. The van der Waals surface area contributed by atoms with E-state index in [1.807, 2.05) is 0 Å². The molecule has 0 aliphatic carbocycles. The highest BCUT2D eigenvalue weighted by molar-refractivity contribution is 7.47. The molecular weight excluding hydrogens is 725 g/mol. The number of allylic oxidation sites excluding steroid dienone is 7. The van der Waals surface area contributed by atoms with Gasteiger partial charge in [0.2, 0.25) is 0 Å². The van der Waals surface area contributed by atoms with E-state index in [-0.39, 0.29) is 19.4 Å². The molecule has 1 rings (SSSR count). The van der Waals surface area contributed by atoms with Crippen molar-refractivity contribution in [1.29, 1.82) is 0 Å². The molecular formula is C42H72NO11P. The van der Waals surface area contributed by atoms with Crippen LogP contribution in [0.2, 0.25) is 0 Å². The van der Waals surface area contributed by atoms with Crippen LogP contribution in [-0.2, 0) is 42.2 Å². The molecule has 0 bridgehead atoms. The molecule has 1 fully saturated rings. The smallest absolute Gasteiger partial charge is 0.472 e. The normalized spacial score (nSPS) is 18.0. The minimum Gasteiger partial charge on any atom is -0.480 e. The number of aliphatic carboxylic acids is 1. The van der Waals surface area contributed by atoms with Crippen molar-refractivity contribution < 1.29 is 52.2 Å². The molecule has 0 saturated carbocycles. The first-order chi connectivity index (χ1) is 26.6. The summed E-state index contributed by atoms with van der Waals surface area (Å²) in [5.74, 6) is -2.43. The fourth-order valence-electron chi connectivity index (χ4n) is 5.61. The Hall–Kier alpha value is -2.60. The number of carbonyl (C=O) groups is 3. The highest BCUT2D eigenvalue weighted by Gasteiger charge is 2.36. The number of ether oxygens (including phenoxy) is 3. The second kappa shape index (κ2) is 33.5. The second-order valence-corrected chi connectivity index (χ2v) is 15.6. The van der Waals surface area contributed by atoms with E-state index in [9.17, 15) is 23.8 Å². The molecule has 4 N–H and O–H groups in total. The average Bonchev–Trinajstić information content (AvgIpc) is 3.91. The summed E-state index contributed by atoms with van der Waals surface area (Å²) in [6, 6.07) is -1.53. The van der Waals surface area contributed by atoms with E-state index in [0.29, 0.717) is 25.0 Å². The first-order valence-electron chi connectivity index (χ1n) is 20.8. The molecule has 1 aliphatic rings. The van der Waals surface area contributed by atoms with Gasteiger partial charge in [-0.25, -0.2) is 4.57 Å².